The van der Waals surface area contributed by atoms with Crippen molar-refractivity contribution in [3.63, 3.8) is 0 Å². The predicted octanol–water partition coefficient (Wildman–Crippen LogP) is 6.38. The summed E-state index contributed by atoms with van der Waals surface area (Å²) in [6.07, 6.45) is 12.6. The Labute approximate surface area is 118 Å². The maximum atomic E-state index is 2.38. The average Bonchev–Trinajstić information content (AvgIpc) is 2.77. The van der Waals surface area contributed by atoms with E-state index in [1.54, 1.807) is 5.56 Å². The van der Waals surface area contributed by atoms with E-state index in [1.807, 2.05) is 11.3 Å². The van der Waals surface area contributed by atoms with E-state index < -0.39 is 0 Å². The third-order valence-corrected chi connectivity index (χ3v) is 4.65. The molecule has 1 unspecified atom stereocenters. The van der Waals surface area contributed by atoms with Crippen LogP contribution in [0.3, 0.4) is 0 Å². The molecule has 0 aliphatic rings. The van der Waals surface area contributed by atoms with E-state index >= 15 is 0 Å². The molecular formula is C17H30S. The van der Waals surface area contributed by atoms with E-state index in [0.29, 0.717) is 0 Å². The van der Waals surface area contributed by atoms with Crippen molar-refractivity contribution in [1.29, 1.82) is 0 Å². The molecule has 104 valence electrons. The van der Waals surface area contributed by atoms with Crippen LogP contribution in [0.5, 0.6) is 0 Å². The van der Waals surface area contributed by atoms with E-state index in [1.165, 1.54) is 62.7 Å². The summed E-state index contributed by atoms with van der Waals surface area (Å²) in [5, 5.41) is 2.36. The lowest BCUT2D eigenvalue weighted by atomic mass is 9.90. The largest absolute Gasteiger partial charge is 0.149 e. The fraction of sp³-hybridized carbons (Fsp3) is 0.765. The minimum atomic E-state index is 0.927. The van der Waals surface area contributed by atoms with Gasteiger partial charge in [-0.15, -0.1) is 11.3 Å². The van der Waals surface area contributed by atoms with Gasteiger partial charge in [0.25, 0.3) is 0 Å². The first-order chi connectivity index (χ1) is 8.76. The summed E-state index contributed by atoms with van der Waals surface area (Å²) in [5.74, 6) is 0.927. The number of unbranched alkanes of at least 4 members (excludes halogenated alkanes) is 4. The minimum absolute atomic E-state index is 0.927. The van der Waals surface area contributed by atoms with Gasteiger partial charge in [-0.25, -0.2) is 0 Å². The van der Waals surface area contributed by atoms with Crippen LogP contribution in [-0.2, 0) is 6.42 Å². The summed E-state index contributed by atoms with van der Waals surface area (Å²) in [4.78, 5) is 1.46. The van der Waals surface area contributed by atoms with E-state index in [9.17, 15) is 0 Å². The first kappa shape index (κ1) is 15.8. The molecule has 1 rings (SSSR count). The van der Waals surface area contributed by atoms with Gasteiger partial charge >= 0.3 is 0 Å². The molecule has 1 atom stereocenters. The zero-order valence-electron chi connectivity index (χ0n) is 12.5. The molecule has 1 heterocycles. The van der Waals surface area contributed by atoms with Gasteiger partial charge in [0.15, 0.2) is 0 Å². The molecular weight excluding hydrogens is 236 g/mol. The number of hydrogen-bond acceptors (Lipinski definition) is 1. The highest BCUT2D eigenvalue weighted by Crippen LogP contribution is 2.24. The Balaban J connectivity index is 2.34. The SMILES string of the molecule is CCCCCCC(CCCC)Cc1csc(C)c1. The predicted molar refractivity (Wildman–Crippen MR) is 84.5 cm³/mol. The molecule has 0 saturated heterocycles. The molecule has 0 aliphatic carbocycles. The van der Waals surface area contributed by atoms with Crippen LogP contribution >= 0.6 is 11.3 Å². The second-order valence-electron chi connectivity index (χ2n) is 5.63. The fourth-order valence-corrected chi connectivity index (χ4v) is 3.36. The molecule has 0 bridgehead atoms. The smallest absolute Gasteiger partial charge is 0.00170 e. The third kappa shape index (κ3) is 6.58. The Bertz CT molecular complexity index is 300. The van der Waals surface area contributed by atoms with E-state index in [2.05, 4.69) is 32.2 Å². The van der Waals surface area contributed by atoms with Gasteiger partial charge < -0.3 is 0 Å². The van der Waals surface area contributed by atoms with Crippen molar-refractivity contribution < 1.29 is 0 Å². The zero-order chi connectivity index (χ0) is 13.2. The van der Waals surface area contributed by atoms with Gasteiger partial charge in [0, 0.05) is 4.88 Å². The van der Waals surface area contributed by atoms with Gasteiger partial charge in [-0.2, -0.15) is 0 Å². The highest BCUT2D eigenvalue weighted by Gasteiger charge is 2.10. The van der Waals surface area contributed by atoms with Gasteiger partial charge in [-0.05, 0) is 36.3 Å². The van der Waals surface area contributed by atoms with Crippen molar-refractivity contribution in [3.8, 4) is 0 Å². The number of thiophene rings is 1. The lowest BCUT2D eigenvalue weighted by Gasteiger charge is -2.15. The molecule has 0 N–H and O–H groups in total. The second kappa shape index (κ2) is 9.61. The summed E-state index contributed by atoms with van der Waals surface area (Å²) < 4.78 is 0. The minimum Gasteiger partial charge on any atom is -0.149 e. The summed E-state index contributed by atoms with van der Waals surface area (Å²) in [6.45, 7) is 6.82. The standard InChI is InChI=1S/C17H30S/c1-4-6-8-9-11-16(10-7-5-2)13-17-12-15(3)18-14-17/h12,14,16H,4-11,13H2,1-3H3. The lowest BCUT2D eigenvalue weighted by molar-refractivity contribution is 0.410. The third-order valence-electron chi connectivity index (χ3n) is 3.74. The monoisotopic (exact) mass is 266 g/mol. The number of aryl methyl sites for hydroxylation is 1. The molecule has 0 fully saturated rings. The summed E-state index contributed by atoms with van der Waals surface area (Å²) >= 11 is 1.90. The van der Waals surface area contributed by atoms with Crippen LogP contribution in [-0.4, -0.2) is 0 Å². The highest BCUT2D eigenvalue weighted by atomic mass is 32.1. The van der Waals surface area contributed by atoms with Crippen LogP contribution in [0, 0.1) is 12.8 Å². The fourth-order valence-electron chi connectivity index (χ4n) is 2.64. The summed E-state index contributed by atoms with van der Waals surface area (Å²) in [5.41, 5.74) is 1.58. The van der Waals surface area contributed by atoms with Crippen molar-refractivity contribution >= 4 is 11.3 Å². The molecule has 18 heavy (non-hydrogen) atoms. The van der Waals surface area contributed by atoms with Crippen LogP contribution < -0.4 is 0 Å². The molecule has 0 saturated carbocycles. The van der Waals surface area contributed by atoms with Crippen molar-refractivity contribution in [3.05, 3.63) is 21.9 Å². The Morgan fingerprint density at radius 1 is 1.00 bits per heavy atom. The Hall–Kier alpha value is -0.300. The highest BCUT2D eigenvalue weighted by molar-refractivity contribution is 7.10. The van der Waals surface area contributed by atoms with E-state index in [-0.39, 0.29) is 0 Å². The van der Waals surface area contributed by atoms with Crippen molar-refractivity contribution in [2.45, 2.75) is 78.6 Å². The molecule has 0 radical (unpaired) electrons. The van der Waals surface area contributed by atoms with Crippen LogP contribution in [0.15, 0.2) is 11.4 Å². The quantitative estimate of drug-likeness (QED) is 0.431. The molecule has 1 aromatic heterocycles. The maximum absolute atomic E-state index is 2.38. The van der Waals surface area contributed by atoms with Crippen LogP contribution in [0.2, 0.25) is 0 Å². The molecule has 1 aromatic rings. The van der Waals surface area contributed by atoms with Gasteiger partial charge in [-0.1, -0.05) is 65.2 Å². The molecule has 1 heteroatoms. The topological polar surface area (TPSA) is 0 Å². The number of rotatable bonds is 10. The van der Waals surface area contributed by atoms with E-state index in [0.717, 1.165) is 5.92 Å². The van der Waals surface area contributed by atoms with Gasteiger partial charge in [0.2, 0.25) is 0 Å². The van der Waals surface area contributed by atoms with Crippen LogP contribution in [0.1, 0.15) is 75.7 Å². The normalized spacial score (nSPS) is 12.8. The van der Waals surface area contributed by atoms with Crippen LogP contribution in [0.4, 0.5) is 0 Å². The molecule has 0 aromatic carbocycles. The Kier molecular flexibility index (Phi) is 8.41. The maximum Gasteiger partial charge on any atom is 0.00170 e. The Morgan fingerprint density at radius 2 is 1.72 bits per heavy atom. The molecule has 0 aliphatic heterocycles. The van der Waals surface area contributed by atoms with Gasteiger partial charge in [0.05, 0.1) is 0 Å². The lowest BCUT2D eigenvalue weighted by Crippen LogP contribution is -2.04. The van der Waals surface area contributed by atoms with E-state index in [4.69, 9.17) is 0 Å². The zero-order valence-corrected chi connectivity index (χ0v) is 13.3. The first-order valence-corrected chi connectivity index (χ1v) is 8.68. The average molecular weight is 266 g/mol. The summed E-state index contributed by atoms with van der Waals surface area (Å²) in [7, 11) is 0. The summed E-state index contributed by atoms with van der Waals surface area (Å²) in [6, 6.07) is 2.38. The van der Waals surface area contributed by atoms with Crippen LogP contribution in [0.25, 0.3) is 0 Å². The van der Waals surface area contributed by atoms with Gasteiger partial charge in [0.1, 0.15) is 0 Å². The molecule has 0 nitrogen and oxygen atoms in total. The van der Waals surface area contributed by atoms with Crippen molar-refractivity contribution in [2.75, 3.05) is 0 Å². The second-order valence-corrected chi connectivity index (χ2v) is 6.74. The van der Waals surface area contributed by atoms with Crippen molar-refractivity contribution in [1.82, 2.24) is 0 Å². The molecule has 0 spiro atoms. The van der Waals surface area contributed by atoms with Crippen molar-refractivity contribution in [2.24, 2.45) is 5.92 Å². The van der Waals surface area contributed by atoms with Gasteiger partial charge in [-0.3, -0.25) is 0 Å². The molecule has 0 amide bonds. The Morgan fingerprint density at radius 3 is 2.33 bits per heavy atom. The first-order valence-electron chi connectivity index (χ1n) is 7.80. The number of hydrogen-bond donors (Lipinski definition) is 0.